The highest BCUT2D eigenvalue weighted by Crippen LogP contribution is 2.22. The summed E-state index contributed by atoms with van der Waals surface area (Å²) < 4.78 is 0. The van der Waals surface area contributed by atoms with E-state index in [4.69, 9.17) is 5.73 Å². The van der Waals surface area contributed by atoms with Gasteiger partial charge in [0.05, 0.1) is 0 Å². The molecule has 0 radical (unpaired) electrons. The first-order chi connectivity index (χ1) is 8.58. The fourth-order valence-electron chi connectivity index (χ4n) is 1.60. The third-order valence-electron chi connectivity index (χ3n) is 2.60. The zero-order chi connectivity index (χ0) is 13.1. The van der Waals surface area contributed by atoms with Gasteiger partial charge in [-0.15, -0.1) is 11.3 Å². The minimum atomic E-state index is -0.668. The molecule has 0 spiro atoms. The fourth-order valence-corrected chi connectivity index (χ4v) is 2.32. The second-order valence-electron chi connectivity index (χ2n) is 3.98. The number of rotatable bonds is 3. The third-order valence-corrected chi connectivity index (χ3v) is 3.56. The number of carbonyl (C=O) groups excluding carboxylic acids is 1. The van der Waals surface area contributed by atoms with Crippen molar-refractivity contribution in [1.29, 1.82) is 0 Å². The van der Waals surface area contributed by atoms with E-state index in [0.717, 1.165) is 10.4 Å². The summed E-state index contributed by atoms with van der Waals surface area (Å²) in [6, 6.07) is 7.80. The molecule has 1 aromatic heterocycles. The van der Waals surface area contributed by atoms with Gasteiger partial charge < -0.3 is 16.2 Å². The molecule has 0 saturated carbocycles. The predicted octanol–water partition coefficient (Wildman–Crippen LogP) is 2.40. The number of aromatic hydroxyl groups is 1. The molecular weight excluding hydrogens is 248 g/mol. The molecule has 0 saturated heterocycles. The number of nitrogens with two attached hydrogens (primary N) is 1. The van der Waals surface area contributed by atoms with E-state index >= 15 is 0 Å². The van der Waals surface area contributed by atoms with Gasteiger partial charge in [0.1, 0.15) is 11.8 Å². The summed E-state index contributed by atoms with van der Waals surface area (Å²) >= 11 is 1.45. The van der Waals surface area contributed by atoms with Crippen LogP contribution in [0.3, 0.4) is 0 Å². The summed E-state index contributed by atoms with van der Waals surface area (Å²) in [7, 11) is 0. The van der Waals surface area contributed by atoms with E-state index in [1.807, 2.05) is 24.4 Å². The molecule has 0 aliphatic carbocycles. The lowest BCUT2D eigenvalue weighted by atomic mass is 10.1. The van der Waals surface area contributed by atoms with Crippen LogP contribution in [0.4, 0.5) is 5.69 Å². The Morgan fingerprint density at radius 2 is 2.22 bits per heavy atom. The Morgan fingerprint density at radius 1 is 1.44 bits per heavy atom. The highest BCUT2D eigenvalue weighted by Gasteiger charge is 2.17. The van der Waals surface area contributed by atoms with Crippen molar-refractivity contribution < 1.29 is 9.90 Å². The lowest BCUT2D eigenvalue weighted by Crippen LogP contribution is -2.27. The van der Waals surface area contributed by atoms with E-state index in [1.165, 1.54) is 17.4 Å². The molecule has 2 aromatic rings. The van der Waals surface area contributed by atoms with E-state index in [-0.39, 0.29) is 11.7 Å². The normalized spacial score (nSPS) is 12.1. The van der Waals surface area contributed by atoms with Gasteiger partial charge >= 0.3 is 0 Å². The molecule has 1 heterocycles. The zero-order valence-corrected chi connectivity index (χ0v) is 10.7. The Kier molecular flexibility index (Phi) is 3.64. The van der Waals surface area contributed by atoms with Crippen molar-refractivity contribution in [3.8, 4) is 5.75 Å². The molecule has 2 rings (SSSR count). The van der Waals surface area contributed by atoms with E-state index in [0.29, 0.717) is 5.69 Å². The first kappa shape index (κ1) is 12.6. The maximum atomic E-state index is 12.0. The van der Waals surface area contributed by atoms with E-state index in [1.54, 1.807) is 12.1 Å². The van der Waals surface area contributed by atoms with Crippen molar-refractivity contribution >= 4 is 22.9 Å². The molecule has 1 aromatic carbocycles. The monoisotopic (exact) mass is 262 g/mol. The highest BCUT2D eigenvalue weighted by atomic mass is 32.1. The topological polar surface area (TPSA) is 75.3 Å². The van der Waals surface area contributed by atoms with Crippen LogP contribution >= 0.6 is 11.3 Å². The van der Waals surface area contributed by atoms with Gasteiger partial charge in [0, 0.05) is 10.6 Å². The summed E-state index contributed by atoms with van der Waals surface area (Å²) in [5, 5.41) is 13.9. The number of phenolic OH excluding ortho intramolecular Hbond substituents is 1. The van der Waals surface area contributed by atoms with Crippen LogP contribution in [-0.2, 0) is 4.79 Å². The van der Waals surface area contributed by atoms with Crippen LogP contribution in [0.25, 0.3) is 0 Å². The van der Waals surface area contributed by atoms with Crippen molar-refractivity contribution in [1.82, 2.24) is 0 Å². The van der Waals surface area contributed by atoms with Gasteiger partial charge in [0.15, 0.2) is 0 Å². The van der Waals surface area contributed by atoms with Gasteiger partial charge in [0.25, 0.3) is 0 Å². The molecule has 18 heavy (non-hydrogen) atoms. The summed E-state index contributed by atoms with van der Waals surface area (Å²) in [4.78, 5) is 12.8. The van der Waals surface area contributed by atoms with Crippen LogP contribution in [0, 0.1) is 6.92 Å². The number of benzene rings is 1. The minimum absolute atomic E-state index is 0.174. The Morgan fingerprint density at radius 3 is 2.83 bits per heavy atom. The molecule has 4 nitrogen and oxygen atoms in total. The second-order valence-corrected chi connectivity index (χ2v) is 4.96. The minimum Gasteiger partial charge on any atom is -0.508 e. The molecule has 5 heteroatoms. The quantitative estimate of drug-likeness (QED) is 0.743. The summed E-state index contributed by atoms with van der Waals surface area (Å²) in [5.41, 5.74) is 7.31. The number of hydrogen-bond donors (Lipinski definition) is 3. The van der Waals surface area contributed by atoms with E-state index in [9.17, 15) is 9.90 Å². The van der Waals surface area contributed by atoms with Gasteiger partial charge in [-0.25, -0.2) is 0 Å². The van der Waals surface area contributed by atoms with Crippen molar-refractivity contribution in [2.24, 2.45) is 5.73 Å². The number of carbonyl (C=O) groups is 1. The Hall–Kier alpha value is -1.85. The van der Waals surface area contributed by atoms with Crippen LogP contribution in [0.5, 0.6) is 5.75 Å². The maximum Gasteiger partial charge on any atom is 0.246 e. The number of nitrogens with one attached hydrogen (secondary N) is 1. The second kappa shape index (κ2) is 5.20. The van der Waals surface area contributed by atoms with Gasteiger partial charge in [-0.05, 0) is 42.1 Å². The van der Waals surface area contributed by atoms with Crippen LogP contribution < -0.4 is 11.1 Å². The maximum absolute atomic E-state index is 12.0. The number of anilines is 1. The molecule has 0 fully saturated rings. The standard InChI is InChI=1S/C13H14N2O2S/c1-8-7-9(16)4-5-10(8)15-13(17)12(14)11-3-2-6-18-11/h2-7,12,16H,14H2,1H3,(H,15,17). The van der Waals surface area contributed by atoms with E-state index in [2.05, 4.69) is 5.32 Å². The van der Waals surface area contributed by atoms with Crippen LogP contribution in [-0.4, -0.2) is 11.0 Å². The molecular formula is C13H14N2O2S. The van der Waals surface area contributed by atoms with Crippen molar-refractivity contribution in [3.63, 3.8) is 0 Å². The van der Waals surface area contributed by atoms with Gasteiger partial charge in [-0.3, -0.25) is 4.79 Å². The number of thiophene rings is 1. The zero-order valence-electron chi connectivity index (χ0n) is 9.88. The van der Waals surface area contributed by atoms with E-state index < -0.39 is 6.04 Å². The number of amides is 1. The SMILES string of the molecule is Cc1cc(O)ccc1NC(=O)C(N)c1cccs1. The molecule has 0 bridgehead atoms. The Labute approximate surface area is 109 Å². The largest absolute Gasteiger partial charge is 0.508 e. The van der Waals surface area contributed by atoms with Crippen LogP contribution in [0.1, 0.15) is 16.5 Å². The summed E-state index contributed by atoms with van der Waals surface area (Å²) in [6.07, 6.45) is 0. The van der Waals surface area contributed by atoms with Crippen LogP contribution in [0.15, 0.2) is 35.7 Å². The number of aryl methyl sites for hydroxylation is 1. The third kappa shape index (κ3) is 2.69. The Balaban J connectivity index is 2.12. The van der Waals surface area contributed by atoms with Gasteiger partial charge in [-0.2, -0.15) is 0 Å². The first-order valence-corrected chi connectivity index (χ1v) is 6.35. The lowest BCUT2D eigenvalue weighted by Gasteiger charge is -2.12. The predicted molar refractivity (Wildman–Crippen MR) is 72.7 cm³/mol. The number of phenols is 1. The lowest BCUT2D eigenvalue weighted by molar-refractivity contribution is -0.117. The average Bonchev–Trinajstić information content (AvgIpc) is 2.85. The first-order valence-electron chi connectivity index (χ1n) is 5.47. The smallest absolute Gasteiger partial charge is 0.246 e. The fraction of sp³-hybridized carbons (Fsp3) is 0.154. The molecule has 1 amide bonds. The summed E-state index contributed by atoms with van der Waals surface area (Å²) in [5.74, 6) is -0.0840. The molecule has 94 valence electrons. The van der Waals surface area contributed by atoms with Crippen LogP contribution in [0.2, 0.25) is 0 Å². The van der Waals surface area contributed by atoms with Crippen molar-refractivity contribution in [2.45, 2.75) is 13.0 Å². The van der Waals surface area contributed by atoms with Crippen molar-refractivity contribution in [3.05, 3.63) is 46.2 Å². The van der Waals surface area contributed by atoms with Gasteiger partial charge in [-0.1, -0.05) is 6.07 Å². The van der Waals surface area contributed by atoms with Crippen molar-refractivity contribution in [2.75, 3.05) is 5.32 Å². The molecule has 1 unspecified atom stereocenters. The Bertz CT molecular complexity index is 552. The number of hydrogen-bond acceptors (Lipinski definition) is 4. The highest BCUT2D eigenvalue weighted by molar-refractivity contribution is 7.10. The molecule has 0 aliphatic rings. The van der Waals surface area contributed by atoms with Gasteiger partial charge in [0.2, 0.25) is 5.91 Å². The molecule has 1 atom stereocenters. The molecule has 0 aliphatic heterocycles. The average molecular weight is 262 g/mol. The summed E-state index contributed by atoms with van der Waals surface area (Å²) in [6.45, 7) is 1.81. The molecule has 4 N–H and O–H groups in total.